The van der Waals surface area contributed by atoms with E-state index in [9.17, 15) is 4.79 Å². The number of hydrogen-bond donors (Lipinski definition) is 1. The second kappa shape index (κ2) is 5.40. The largest absolute Gasteiger partial charge is 0.481 e. The van der Waals surface area contributed by atoms with Crippen LogP contribution in [0.3, 0.4) is 0 Å². The van der Waals surface area contributed by atoms with Crippen molar-refractivity contribution in [1.82, 2.24) is 4.98 Å². The molecular formula is C14H15NO2S. The minimum absolute atomic E-state index is 0.0488. The number of benzene rings is 1. The Bertz CT molecular complexity index is 583. The van der Waals surface area contributed by atoms with Crippen LogP contribution in [0.25, 0.3) is 10.9 Å². The van der Waals surface area contributed by atoms with Crippen LogP contribution in [0.4, 0.5) is 0 Å². The number of carboxylic acid groups (broad SMARTS) is 1. The number of rotatable bonds is 4. The highest BCUT2D eigenvalue weighted by molar-refractivity contribution is 8.00. The lowest BCUT2D eigenvalue weighted by atomic mass is 10.2. The van der Waals surface area contributed by atoms with Gasteiger partial charge in [-0.3, -0.25) is 9.78 Å². The molecule has 18 heavy (non-hydrogen) atoms. The zero-order chi connectivity index (χ0) is 13.1. The Kier molecular flexibility index (Phi) is 3.87. The van der Waals surface area contributed by atoms with E-state index in [1.54, 1.807) is 11.8 Å². The maximum Gasteiger partial charge on any atom is 0.304 e. The minimum atomic E-state index is -0.759. The Morgan fingerprint density at radius 1 is 1.44 bits per heavy atom. The van der Waals surface area contributed by atoms with Crippen LogP contribution < -0.4 is 0 Å². The van der Waals surface area contributed by atoms with Crippen molar-refractivity contribution in [3.63, 3.8) is 0 Å². The Balaban J connectivity index is 2.35. The predicted octanol–water partition coefficient (Wildman–Crippen LogP) is 3.50. The van der Waals surface area contributed by atoms with Gasteiger partial charge in [0.15, 0.2) is 0 Å². The molecule has 0 fully saturated rings. The van der Waals surface area contributed by atoms with Crippen molar-refractivity contribution in [1.29, 1.82) is 0 Å². The number of aryl methyl sites for hydroxylation is 1. The lowest BCUT2D eigenvalue weighted by Crippen LogP contribution is -2.05. The number of aromatic nitrogens is 1. The van der Waals surface area contributed by atoms with Gasteiger partial charge in [0.2, 0.25) is 0 Å². The van der Waals surface area contributed by atoms with Crippen LogP contribution in [0, 0.1) is 6.92 Å². The Morgan fingerprint density at radius 3 is 2.89 bits per heavy atom. The highest BCUT2D eigenvalue weighted by Gasteiger charge is 2.12. The third kappa shape index (κ3) is 3.01. The first kappa shape index (κ1) is 12.9. The molecule has 0 amide bonds. The molecule has 0 saturated heterocycles. The van der Waals surface area contributed by atoms with Crippen LogP contribution in [-0.2, 0) is 4.79 Å². The Morgan fingerprint density at radius 2 is 2.17 bits per heavy atom. The highest BCUT2D eigenvalue weighted by atomic mass is 32.2. The van der Waals surface area contributed by atoms with E-state index in [1.807, 2.05) is 44.2 Å². The number of pyridine rings is 1. The maximum atomic E-state index is 10.7. The van der Waals surface area contributed by atoms with Crippen LogP contribution in [0.15, 0.2) is 35.2 Å². The second-order valence-corrected chi connectivity index (χ2v) is 5.79. The molecule has 0 aliphatic rings. The van der Waals surface area contributed by atoms with E-state index >= 15 is 0 Å². The van der Waals surface area contributed by atoms with Crippen LogP contribution in [0.2, 0.25) is 0 Å². The highest BCUT2D eigenvalue weighted by Crippen LogP contribution is 2.31. The van der Waals surface area contributed by atoms with Crippen molar-refractivity contribution >= 4 is 28.6 Å². The molecule has 1 aromatic heterocycles. The molecule has 1 unspecified atom stereocenters. The van der Waals surface area contributed by atoms with Crippen LogP contribution in [0.1, 0.15) is 19.0 Å². The molecule has 2 rings (SSSR count). The normalized spacial score (nSPS) is 12.6. The van der Waals surface area contributed by atoms with Gasteiger partial charge in [-0.2, -0.15) is 0 Å². The molecular weight excluding hydrogens is 246 g/mol. The number of thioether (sulfide) groups is 1. The van der Waals surface area contributed by atoms with E-state index in [1.165, 1.54) is 0 Å². The summed E-state index contributed by atoms with van der Waals surface area (Å²) in [5.74, 6) is -0.759. The SMILES string of the molecule is Cc1cc(SC(C)CC(=O)O)c2ccccc2n1. The molecule has 1 N–H and O–H groups in total. The first-order valence-corrected chi connectivity index (χ1v) is 6.69. The van der Waals surface area contributed by atoms with Gasteiger partial charge in [0, 0.05) is 21.2 Å². The van der Waals surface area contributed by atoms with Crippen LogP contribution >= 0.6 is 11.8 Å². The molecule has 2 aromatic rings. The van der Waals surface area contributed by atoms with Gasteiger partial charge in [0.1, 0.15) is 0 Å². The summed E-state index contributed by atoms with van der Waals surface area (Å²) in [5.41, 5.74) is 1.92. The van der Waals surface area contributed by atoms with Crippen molar-refractivity contribution < 1.29 is 9.90 Å². The second-order valence-electron chi connectivity index (χ2n) is 4.31. The topological polar surface area (TPSA) is 50.2 Å². The quantitative estimate of drug-likeness (QED) is 0.856. The zero-order valence-corrected chi connectivity index (χ0v) is 11.2. The maximum absolute atomic E-state index is 10.7. The molecule has 0 radical (unpaired) electrons. The number of para-hydroxylation sites is 1. The molecule has 1 aromatic carbocycles. The van der Waals surface area contributed by atoms with E-state index in [2.05, 4.69) is 4.98 Å². The fourth-order valence-electron chi connectivity index (χ4n) is 1.87. The summed E-state index contributed by atoms with van der Waals surface area (Å²) in [7, 11) is 0. The van der Waals surface area contributed by atoms with E-state index in [0.29, 0.717) is 0 Å². The van der Waals surface area contributed by atoms with Crippen LogP contribution in [-0.4, -0.2) is 21.3 Å². The predicted molar refractivity (Wildman–Crippen MR) is 74.1 cm³/mol. The lowest BCUT2D eigenvalue weighted by Gasteiger charge is -2.11. The summed E-state index contributed by atoms with van der Waals surface area (Å²) in [4.78, 5) is 16.3. The summed E-state index contributed by atoms with van der Waals surface area (Å²) < 4.78 is 0. The van der Waals surface area contributed by atoms with Gasteiger partial charge in [-0.25, -0.2) is 0 Å². The van der Waals surface area contributed by atoms with Crippen molar-refractivity contribution in [2.24, 2.45) is 0 Å². The molecule has 94 valence electrons. The summed E-state index contributed by atoms with van der Waals surface area (Å²) in [5, 5.41) is 9.94. The molecule has 0 aliphatic carbocycles. The van der Waals surface area contributed by atoms with Gasteiger partial charge in [-0.15, -0.1) is 11.8 Å². The van der Waals surface area contributed by atoms with Gasteiger partial charge >= 0.3 is 5.97 Å². The van der Waals surface area contributed by atoms with Gasteiger partial charge < -0.3 is 5.11 Å². The van der Waals surface area contributed by atoms with E-state index in [0.717, 1.165) is 21.5 Å². The molecule has 0 aliphatic heterocycles. The molecule has 4 heteroatoms. The zero-order valence-electron chi connectivity index (χ0n) is 10.4. The fraction of sp³-hybridized carbons (Fsp3) is 0.286. The van der Waals surface area contributed by atoms with Crippen molar-refractivity contribution in [2.75, 3.05) is 0 Å². The van der Waals surface area contributed by atoms with Gasteiger partial charge in [0.25, 0.3) is 0 Å². The van der Waals surface area contributed by atoms with Crippen LogP contribution in [0.5, 0.6) is 0 Å². The molecule has 1 atom stereocenters. The van der Waals surface area contributed by atoms with Crippen molar-refractivity contribution in [2.45, 2.75) is 30.4 Å². The van der Waals surface area contributed by atoms with Gasteiger partial charge in [-0.1, -0.05) is 25.1 Å². The number of nitrogens with zero attached hydrogens (tertiary/aromatic N) is 1. The monoisotopic (exact) mass is 261 g/mol. The Hall–Kier alpha value is -1.55. The van der Waals surface area contributed by atoms with Crippen molar-refractivity contribution in [3.8, 4) is 0 Å². The molecule has 0 spiro atoms. The lowest BCUT2D eigenvalue weighted by molar-refractivity contribution is -0.136. The number of fused-ring (bicyclic) bond motifs is 1. The smallest absolute Gasteiger partial charge is 0.304 e. The van der Waals surface area contributed by atoms with E-state index in [-0.39, 0.29) is 11.7 Å². The average Bonchev–Trinajstić information content (AvgIpc) is 2.27. The summed E-state index contributed by atoms with van der Waals surface area (Å²) in [6.45, 7) is 3.89. The third-order valence-corrected chi connectivity index (χ3v) is 3.76. The van der Waals surface area contributed by atoms with Crippen molar-refractivity contribution in [3.05, 3.63) is 36.0 Å². The average molecular weight is 261 g/mol. The summed E-state index contributed by atoms with van der Waals surface area (Å²) >= 11 is 1.59. The molecule has 0 saturated carbocycles. The number of carboxylic acids is 1. The standard InChI is InChI=1S/C14H15NO2S/c1-9-7-13(18-10(2)8-14(16)17)11-5-3-4-6-12(11)15-9/h3-7,10H,8H2,1-2H3,(H,16,17). The molecule has 1 heterocycles. The third-order valence-electron chi connectivity index (χ3n) is 2.60. The summed E-state index contributed by atoms with van der Waals surface area (Å²) in [6, 6.07) is 9.96. The van der Waals surface area contributed by atoms with E-state index in [4.69, 9.17) is 5.11 Å². The first-order valence-electron chi connectivity index (χ1n) is 5.81. The van der Waals surface area contributed by atoms with Gasteiger partial charge in [-0.05, 0) is 19.1 Å². The minimum Gasteiger partial charge on any atom is -0.481 e. The molecule has 3 nitrogen and oxygen atoms in total. The number of hydrogen-bond acceptors (Lipinski definition) is 3. The van der Waals surface area contributed by atoms with E-state index < -0.39 is 5.97 Å². The summed E-state index contributed by atoms with van der Waals surface area (Å²) in [6.07, 6.45) is 0.167. The Labute approximate surface area is 110 Å². The number of carbonyl (C=O) groups is 1. The number of aliphatic carboxylic acids is 1. The van der Waals surface area contributed by atoms with Gasteiger partial charge in [0.05, 0.1) is 11.9 Å². The fourth-order valence-corrected chi connectivity index (χ4v) is 3.07. The molecule has 0 bridgehead atoms. The first-order chi connectivity index (χ1) is 8.56.